The molecule has 0 heterocycles. The van der Waals surface area contributed by atoms with E-state index >= 15 is 0 Å². The second-order valence-electron chi connectivity index (χ2n) is 4.09. The molecule has 1 heteroatoms. The summed E-state index contributed by atoms with van der Waals surface area (Å²) in [7, 11) is -0.870. The predicted octanol–water partition coefficient (Wildman–Crippen LogP) is 2.96. The van der Waals surface area contributed by atoms with Crippen LogP contribution in [-0.4, -0.2) is 8.80 Å². The van der Waals surface area contributed by atoms with Crippen LogP contribution in [0.3, 0.4) is 0 Å². The van der Waals surface area contributed by atoms with Gasteiger partial charge in [-0.25, -0.2) is 0 Å². The maximum absolute atomic E-state index is 2.42. The van der Waals surface area contributed by atoms with E-state index in [2.05, 4.69) is 55.5 Å². The average Bonchev–Trinajstić information content (AvgIpc) is 2.80. The fourth-order valence-corrected chi connectivity index (χ4v) is 5.34. The molecule has 1 aromatic carbocycles. The van der Waals surface area contributed by atoms with Gasteiger partial charge < -0.3 is 0 Å². The number of allylic oxidation sites excluding steroid dienone is 4. The molecule has 1 unspecified atom stereocenters. The molecular weight excluding hydrogens is 196 g/mol. The zero-order valence-electron chi connectivity index (χ0n) is 9.32. The molecule has 1 atom stereocenters. The van der Waals surface area contributed by atoms with Gasteiger partial charge in [-0.2, -0.15) is 0 Å². The molecule has 0 saturated heterocycles. The van der Waals surface area contributed by atoms with Crippen molar-refractivity contribution in [2.45, 2.75) is 25.8 Å². The van der Waals surface area contributed by atoms with Gasteiger partial charge in [0.05, 0.1) is 0 Å². The summed E-state index contributed by atoms with van der Waals surface area (Å²) in [6.45, 7) is 2.29. The van der Waals surface area contributed by atoms with Crippen molar-refractivity contribution < 1.29 is 0 Å². The summed E-state index contributed by atoms with van der Waals surface area (Å²) in [5, 5.41) is 3.24. The van der Waals surface area contributed by atoms with Crippen molar-refractivity contribution in [3.05, 3.63) is 53.8 Å². The summed E-state index contributed by atoms with van der Waals surface area (Å²) >= 11 is 0. The quantitative estimate of drug-likeness (QED) is 0.676. The molecule has 0 amide bonds. The van der Waals surface area contributed by atoms with E-state index < -0.39 is 8.80 Å². The highest BCUT2D eigenvalue weighted by atomic mass is 28.3. The SMILES string of the molecule is CCC[SiH](C1=CCC=C1)c1ccccc1. The molecule has 0 spiro atoms. The van der Waals surface area contributed by atoms with E-state index in [1.165, 1.54) is 12.5 Å². The molecule has 0 radical (unpaired) electrons. The van der Waals surface area contributed by atoms with Crippen molar-refractivity contribution in [1.29, 1.82) is 0 Å². The minimum Gasteiger partial charge on any atom is -0.0814 e. The summed E-state index contributed by atoms with van der Waals surface area (Å²) in [5.41, 5.74) is 0. The molecule has 15 heavy (non-hydrogen) atoms. The van der Waals surface area contributed by atoms with Crippen molar-refractivity contribution in [3.63, 3.8) is 0 Å². The summed E-state index contributed by atoms with van der Waals surface area (Å²) in [6.07, 6.45) is 9.50. The van der Waals surface area contributed by atoms with Crippen LogP contribution in [-0.2, 0) is 0 Å². The maximum atomic E-state index is 2.42. The molecule has 78 valence electrons. The number of hydrogen-bond donors (Lipinski definition) is 0. The van der Waals surface area contributed by atoms with Gasteiger partial charge in [0.1, 0.15) is 8.80 Å². The summed E-state index contributed by atoms with van der Waals surface area (Å²) < 4.78 is 0. The third-order valence-corrected chi connectivity index (χ3v) is 6.56. The van der Waals surface area contributed by atoms with E-state index in [4.69, 9.17) is 0 Å². The van der Waals surface area contributed by atoms with E-state index in [9.17, 15) is 0 Å². The minimum absolute atomic E-state index is 0.870. The lowest BCUT2D eigenvalue weighted by Gasteiger charge is -2.15. The highest BCUT2D eigenvalue weighted by Gasteiger charge is 2.16. The molecular formula is C14H18Si. The van der Waals surface area contributed by atoms with Gasteiger partial charge in [-0.05, 0) is 6.42 Å². The first kappa shape index (κ1) is 10.4. The Kier molecular flexibility index (Phi) is 3.57. The normalized spacial score (nSPS) is 16.5. The summed E-state index contributed by atoms with van der Waals surface area (Å²) in [4.78, 5) is 0. The second-order valence-corrected chi connectivity index (χ2v) is 7.11. The van der Waals surface area contributed by atoms with Gasteiger partial charge in [-0.3, -0.25) is 0 Å². The molecule has 1 aliphatic carbocycles. The zero-order valence-corrected chi connectivity index (χ0v) is 10.5. The number of hydrogen-bond acceptors (Lipinski definition) is 0. The molecule has 0 N–H and O–H groups in total. The van der Waals surface area contributed by atoms with Crippen LogP contribution in [0.25, 0.3) is 0 Å². The Bertz CT molecular complexity index is 362. The Labute approximate surface area is 93.9 Å². The van der Waals surface area contributed by atoms with Crippen LogP contribution >= 0.6 is 0 Å². The van der Waals surface area contributed by atoms with E-state index in [1.807, 2.05) is 0 Å². The smallest absolute Gasteiger partial charge is 0.0814 e. The highest BCUT2D eigenvalue weighted by Crippen LogP contribution is 2.16. The van der Waals surface area contributed by atoms with Gasteiger partial charge in [-0.15, -0.1) is 0 Å². The molecule has 0 aliphatic heterocycles. The standard InChI is InChI=1S/C14H18Si/c1-2-12-15(14-10-6-7-11-14)13-8-4-3-5-9-13/h3-6,8-11,15H,2,7,12H2,1H3. The monoisotopic (exact) mass is 214 g/mol. The van der Waals surface area contributed by atoms with E-state index in [1.54, 1.807) is 10.4 Å². The van der Waals surface area contributed by atoms with Gasteiger partial charge in [0.15, 0.2) is 0 Å². The van der Waals surface area contributed by atoms with Gasteiger partial charge in [0, 0.05) is 0 Å². The topological polar surface area (TPSA) is 0 Å². The molecule has 2 rings (SSSR count). The van der Waals surface area contributed by atoms with Crippen LogP contribution in [0, 0.1) is 0 Å². The lowest BCUT2D eigenvalue weighted by atomic mass is 10.4. The fourth-order valence-electron chi connectivity index (χ4n) is 2.23. The van der Waals surface area contributed by atoms with Crippen LogP contribution in [0.15, 0.2) is 53.8 Å². The van der Waals surface area contributed by atoms with Crippen LogP contribution in [0.1, 0.15) is 19.8 Å². The van der Waals surface area contributed by atoms with Gasteiger partial charge >= 0.3 is 0 Å². The Hall–Kier alpha value is -1.08. The minimum atomic E-state index is -0.870. The van der Waals surface area contributed by atoms with Crippen molar-refractivity contribution in [1.82, 2.24) is 0 Å². The average molecular weight is 214 g/mol. The van der Waals surface area contributed by atoms with E-state index in [-0.39, 0.29) is 0 Å². The van der Waals surface area contributed by atoms with Crippen molar-refractivity contribution in [2.24, 2.45) is 0 Å². The van der Waals surface area contributed by atoms with Crippen LogP contribution < -0.4 is 5.19 Å². The van der Waals surface area contributed by atoms with E-state index in [0.29, 0.717) is 0 Å². The fraction of sp³-hybridized carbons (Fsp3) is 0.286. The van der Waals surface area contributed by atoms with Crippen molar-refractivity contribution in [2.75, 3.05) is 0 Å². The van der Waals surface area contributed by atoms with E-state index in [0.717, 1.165) is 6.42 Å². The first-order chi connectivity index (χ1) is 7.42. The molecule has 1 aliphatic rings. The van der Waals surface area contributed by atoms with Gasteiger partial charge in [0.25, 0.3) is 0 Å². The maximum Gasteiger partial charge on any atom is 0.102 e. The molecule has 0 saturated carbocycles. The molecule has 0 aromatic heterocycles. The Balaban J connectivity index is 2.23. The Morgan fingerprint density at radius 1 is 1.20 bits per heavy atom. The number of rotatable bonds is 4. The van der Waals surface area contributed by atoms with Crippen LogP contribution in [0.4, 0.5) is 0 Å². The van der Waals surface area contributed by atoms with Crippen LogP contribution in [0.5, 0.6) is 0 Å². The Morgan fingerprint density at radius 3 is 2.60 bits per heavy atom. The molecule has 0 nitrogen and oxygen atoms in total. The number of benzene rings is 1. The lowest BCUT2D eigenvalue weighted by molar-refractivity contribution is 1.07. The van der Waals surface area contributed by atoms with Gasteiger partial charge in [-0.1, -0.05) is 78.3 Å². The molecule has 0 fully saturated rings. The second kappa shape index (κ2) is 5.13. The first-order valence-corrected chi connectivity index (χ1v) is 7.80. The first-order valence-electron chi connectivity index (χ1n) is 5.83. The van der Waals surface area contributed by atoms with Crippen LogP contribution in [0.2, 0.25) is 6.04 Å². The molecule has 1 aromatic rings. The summed E-state index contributed by atoms with van der Waals surface area (Å²) in [5.74, 6) is 0. The summed E-state index contributed by atoms with van der Waals surface area (Å²) in [6, 6.07) is 12.5. The lowest BCUT2D eigenvalue weighted by Crippen LogP contribution is -2.31. The zero-order chi connectivity index (χ0) is 10.5. The third-order valence-electron chi connectivity index (χ3n) is 2.98. The highest BCUT2D eigenvalue weighted by molar-refractivity contribution is 6.80. The van der Waals surface area contributed by atoms with Gasteiger partial charge in [0.2, 0.25) is 0 Å². The Morgan fingerprint density at radius 2 is 2.00 bits per heavy atom. The third kappa shape index (κ3) is 2.48. The van der Waals surface area contributed by atoms with Crippen molar-refractivity contribution in [3.8, 4) is 0 Å². The van der Waals surface area contributed by atoms with Crippen molar-refractivity contribution >= 4 is 14.0 Å². The largest absolute Gasteiger partial charge is 0.102 e. The molecule has 0 bridgehead atoms. The predicted molar refractivity (Wildman–Crippen MR) is 70.2 cm³/mol.